The van der Waals surface area contributed by atoms with Gasteiger partial charge in [0.25, 0.3) is 0 Å². The fourth-order valence-corrected chi connectivity index (χ4v) is 4.81. The van der Waals surface area contributed by atoms with E-state index in [0.29, 0.717) is 24.4 Å². The number of aromatic carboxylic acids is 1. The minimum Gasteiger partial charge on any atom is -0.478 e. The van der Waals surface area contributed by atoms with Crippen LogP contribution in [0, 0.1) is 4.78 Å². The van der Waals surface area contributed by atoms with E-state index in [4.69, 9.17) is 9.52 Å². The summed E-state index contributed by atoms with van der Waals surface area (Å²) >= 11 is 1.48. The Hall–Kier alpha value is -2.95. The van der Waals surface area contributed by atoms with E-state index in [1.165, 1.54) is 23.5 Å². The molecule has 1 atom stereocenters. The molecule has 10 heteroatoms. The number of nitrogens with one attached hydrogen (secondary N) is 3. The number of rotatable bonds is 12. The van der Waals surface area contributed by atoms with Crippen LogP contribution < -0.4 is 14.8 Å². The lowest BCUT2D eigenvalue weighted by Crippen LogP contribution is -2.26. The summed E-state index contributed by atoms with van der Waals surface area (Å²) in [4.78, 5) is 15.9. The second kappa shape index (κ2) is 11.1. The smallest absolute Gasteiger partial charge is 0.335 e. The number of thiazole rings is 1. The zero-order chi connectivity index (χ0) is 23.0. The van der Waals surface area contributed by atoms with E-state index in [1.54, 1.807) is 30.5 Å². The number of carbonyl (C=O) groups is 1. The number of carboxylic acids is 1. The first-order valence-electron chi connectivity index (χ1n) is 10.2. The Morgan fingerprint density at radius 2 is 2.03 bits per heavy atom. The number of ether oxygens (including phenoxy) is 1. The molecular formula is C22H26N4O4S2. The fourth-order valence-electron chi connectivity index (χ4n) is 2.94. The monoisotopic (exact) mass is 474 g/mol. The Bertz CT molecular complexity index is 1130. The molecule has 2 aromatic carbocycles. The second-order valence-corrected chi connectivity index (χ2v) is 9.80. The largest absolute Gasteiger partial charge is 0.478 e. The van der Waals surface area contributed by atoms with Crippen molar-refractivity contribution < 1.29 is 18.8 Å². The lowest BCUT2D eigenvalue weighted by Gasteiger charge is -2.20. The third kappa shape index (κ3) is 6.28. The lowest BCUT2D eigenvalue weighted by atomic mass is 10.1. The van der Waals surface area contributed by atoms with Crippen LogP contribution in [0.2, 0.25) is 0 Å². The number of unbranched alkanes of at least 4 members (excludes halogenated alkanes) is 1. The summed E-state index contributed by atoms with van der Waals surface area (Å²) in [7, 11) is -3.57. The molecule has 1 heterocycles. The van der Waals surface area contributed by atoms with Gasteiger partial charge in [0.05, 0.1) is 16.3 Å². The van der Waals surface area contributed by atoms with Crippen molar-refractivity contribution in [1.29, 1.82) is 4.78 Å². The lowest BCUT2D eigenvalue weighted by molar-refractivity contribution is 0.0696. The Morgan fingerprint density at radius 3 is 2.69 bits per heavy atom. The molecule has 0 spiro atoms. The van der Waals surface area contributed by atoms with Crippen molar-refractivity contribution in [2.45, 2.75) is 31.1 Å². The number of anilines is 1. The van der Waals surface area contributed by atoms with Crippen molar-refractivity contribution in [3.8, 4) is 11.5 Å². The molecule has 0 bridgehead atoms. The van der Waals surface area contributed by atoms with E-state index >= 15 is 0 Å². The van der Waals surface area contributed by atoms with Gasteiger partial charge in [0.1, 0.15) is 20.6 Å². The van der Waals surface area contributed by atoms with Crippen molar-refractivity contribution in [2.24, 2.45) is 0 Å². The molecule has 0 radical (unpaired) electrons. The van der Waals surface area contributed by atoms with Gasteiger partial charge in [0, 0.05) is 31.1 Å². The summed E-state index contributed by atoms with van der Waals surface area (Å²) in [6.45, 7) is 2.88. The third-order valence-electron chi connectivity index (χ3n) is 4.55. The average molecular weight is 475 g/mol. The predicted molar refractivity (Wildman–Crippen MR) is 126 cm³/mol. The molecule has 0 fully saturated rings. The van der Waals surface area contributed by atoms with Gasteiger partial charge in [-0.05, 0) is 30.7 Å². The van der Waals surface area contributed by atoms with Gasteiger partial charge >= 0.3 is 5.97 Å². The van der Waals surface area contributed by atoms with Crippen LogP contribution >= 0.6 is 11.3 Å². The summed E-state index contributed by atoms with van der Waals surface area (Å²) in [6.07, 6.45) is 4.00. The first-order chi connectivity index (χ1) is 15.4. The van der Waals surface area contributed by atoms with Crippen molar-refractivity contribution in [3.05, 3.63) is 64.6 Å². The maximum atomic E-state index is 13.4. The minimum absolute atomic E-state index is 0.0145. The topological polar surface area (TPSA) is 124 Å². The van der Waals surface area contributed by atoms with E-state index in [0.717, 1.165) is 17.8 Å². The van der Waals surface area contributed by atoms with Gasteiger partial charge in [-0.2, -0.15) is 0 Å². The van der Waals surface area contributed by atoms with Crippen molar-refractivity contribution in [2.75, 3.05) is 18.4 Å². The third-order valence-corrected chi connectivity index (χ3v) is 6.92. The van der Waals surface area contributed by atoms with Gasteiger partial charge in [0.2, 0.25) is 0 Å². The average Bonchev–Trinajstić information content (AvgIpc) is 3.28. The molecular weight excluding hydrogens is 448 g/mol. The van der Waals surface area contributed by atoms with Crippen LogP contribution in [0.15, 0.2) is 58.9 Å². The molecule has 0 saturated carbocycles. The number of nitrogens with zero attached hydrogens (tertiary/aromatic N) is 1. The standard InChI is InChI=1S/C22H26N4O4S2/c1-2-3-10-24-18-14-16(22(27)28)15-19(21(18)30-17-7-5-4-6-8-17)32(23,29)26-11-9-20-25-12-13-31-20/h4-8,12-15,24H,2-3,9-11H2,1H3,(H,27,28)(H2,23,26,29). The maximum Gasteiger partial charge on any atom is 0.335 e. The molecule has 8 nitrogen and oxygen atoms in total. The Morgan fingerprint density at radius 1 is 1.25 bits per heavy atom. The summed E-state index contributed by atoms with van der Waals surface area (Å²) in [5.41, 5.74) is 0.319. The molecule has 0 amide bonds. The number of para-hydroxylation sites is 1. The van der Waals surface area contributed by atoms with Crippen LogP contribution in [0.1, 0.15) is 35.1 Å². The molecule has 170 valence electrons. The second-order valence-electron chi connectivity index (χ2n) is 6.98. The SMILES string of the molecule is CCCCNc1cc(C(=O)O)cc(S(=N)(=O)NCCc2nccs2)c1Oc1ccccc1. The van der Waals surface area contributed by atoms with Gasteiger partial charge in [-0.1, -0.05) is 31.5 Å². The molecule has 0 aliphatic carbocycles. The van der Waals surface area contributed by atoms with Gasteiger partial charge in [-0.3, -0.25) is 0 Å². The quantitative estimate of drug-likeness (QED) is 0.274. The zero-order valence-corrected chi connectivity index (χ0v) is 19.3. The van der Waals surface area contributed by atoms with Crippen molar-refractivity contribution in [1.82, 2.24) is 9.71 Å². The van der Waals surface area contributed by atoms with Crippen LogP contribution in [0.5, 0.6) is 11.5 Å². The fraction of sp³-hybridized carbons (Fsp3) is 0.273. The summed E-state index contributed by atoms with van der Waals surface area (Å²) in [5.74, 6) is -0.499. The minimum atomic E-state index is -3.57. The highest BCUT2D eigenvalue weighted by Gasteiger charge is 2.23. The number of hydrogen-bond acceptors (Lipinski definition) is 7. The van der Waals surface area contributed by atoms with E-state index in [9.17, 15) is 14.1 Å². The molecule has 4 N–H and O–H groups in total. The predicted octanol–water partition coefficient (Wildman–Crippen LogP) is 5.00. The summed E-state index contributed by atoms with van der Waals surface area (Å²) < 4.78 is 30.8. The molecule has 1 unspecified atom stereocenters. The van der Waals surface area contributed by atoms with Crippen LogP contribution in [0.4, 0.5) is 5.69 Å². The molecule has 3 rings (SSSR count). The number of hydrogen-bond donors (Lipinski definition) is 4. The molecule has 0 aliphatic heterocycles. The summed E-state index contributed by atoms with van der Waals surface area (Å²) in [5, 5.41) is 15.5. The molecule has 32 heavy (non-hydrogen) atoms. The van der Waals surface area contributed by atoms with Crippen molar-refractivity contribution in [3.63, 3.8) is 0 Å². The van der Waals surface area contributed by atoms with E-state index in [2.05, 4.69) is 15.0 Å². The Labute approximate surface area is 191 Å². The first-order valence-corrected chi connectivity index (χ1v) is 12.6. The first kappa shape index (κ1) is 23.7. The van der Waals surface area contributed by atoms with Crippen LogP contribution in [0.3, 0.4) is 0 Å². The maximum absolute atomic E-state index is 13.4. The molecule has 1 aromatic heterocycles. The number of benzene rings is 2. The zero-order valence-electron chi connectivity index (χ0n) is 17.7. The highest BCUT2D eigenvalue weighted by molar-refractivity contribution is 7.90. The van der Waals surface area contributed by atoms with Gasteiger partial charge in [-0.15, -0.1) is 11.3 Å². The highest BCUT2D eigenvalue weighted by Crippen LogP contribution is 2.38. The van der Waals surface area contributed by atoms with Crippen molar-refractivity contribution >= 4 is 32.9 Å². The Kier molecular flexibility index (Phi) is 8.20. The van der Waals surface area contributed by atoms with Crippen LogP contribution in [0.25, 0.3) is 0 Å². The number of carboxylic acid groups (broad SMARTS) is 1. The highest BCUT2D eigenvalue weighted by atomic mass is 32.2. The molecule has 3 aromatic rings. The van der Waals surface area contributed by atoms with Crippen LogP contribution in [-0.2, 0) is 16.3 Å². The molecule has 0 saturated heterocycles. The normalized spacial score (nSPS) is 12.8. The number of aromatic nitrogens is 1. The molecule has 0 aliphatic rings. The van der Waals surface area contributed by atoms with Crippen LogP contribution in [-0.4, -0.2) is 33.4 Å². The van der Waals surface area contributed by atoms with E-state index < -0.39 is 15.9 Å². The van der Waals surface area contributed by atoms with Gasteiger partial charge in [0.15, 0.2) is 5.75 Å². The van der Waals surface area contributed by atoms with E-state index in [1.807, 2.05) is 18.4 Å². The van der Waals surface area contributed by atoms with E-state index in [-0.39, 0.29) is 22.8 Å². The summed E-state index contributed by atoms with van der Waals surface area (Å²) in [6, 6.07) is 11.6. The van der Waals surface area contributed by atoms with Gasteiger partial charge in [-0.25, -0.2) is 23.5 Å². The Balaban J connectivity index is 2.00. The van der Waals surface area contributed by atoms with Gasteiger partial charge < -0.3 is 15.2 Å².